The maximum Gasteiger partial charge on any atom is 0.235 e. The first-order valence-corrected chi connectivity index (χ1v) is 8.04. The van der Waals surface area contributed by atoms with Crippen molar-refractivity contribution in [2.75, 3.05) is 12.4 Å². The Hall–Kier alpha value is 0.200. The van der Waals surface area contributed by atoms with Gasteiger partial charge in [0, 0.05) is 17.3 Å². The zero-order chi connectivity index (χ0) is 10.9. The zero-order valence-corrected chi connectivity index (χ0v) is 10.3. The molecule has 0 radical (unpaired) electrons. The van der Waals surface area contributed by atoms with Crippen molar-refractivity contribution in [3.8, 4) is 0 Å². The van der Waals surface area contributed by atoms with Gasteiger partial charge in [-0.25, -0.2) is 8.42 Å². The molecule has 0 aromatic heterocycles. The van der Waals surface area contributed by atoms with E-state index in [9.17, 15) is 8.42 Å². The summed E-state index contributed by atoms with van der Waals surface area (Å²) in [7, 11) is 1.87. The van der Waals surface area contributed by atoms with Crippen molar-refractivity contribution in [1.29, 1.82) is 0 Å². The summed E-state index contributed by atoms with van der Waals surface area (Å²) in [4.78, 5) is 0. The Kier molecular flexibility index (Phi) is 3.29. The van der Waals surface area contributed by atoms with Gasteiger partial charge in [0.25, 0.3) is 0 Å². The van der Waals surface area contributed by atoms with Crippen LogP contribution in [-0.4, -0.2) is 26.9 Å². The molecule has 5 heteroatoms. The molecule has 1 saturated heterocycles. The summed E-state index contributed by atoms with van der Waals surface area (Å²) in [5.41, 5.74) is 0.111. The Labute approximate surface area is 95.6 Å². The van der Waals surface area contributed by atoms with Gasteiger partial charge in [-0.15, -0.1) is 0 Å². The summed E-state index contributed by atoms with van der Waals surface area (Å²) >= 11 is 0. The van der Waals surface area contributed by atoms with Crippen LogP contribution in [0.2, 0.25) is 0 Å². The predicted octanol–water partition coefficient (Wildman–Crippen LogP) is 2.29. The lowest BCUT2D eigenvalue weighted by molar-refractivity contribution is 0.0448. The first-order chi connectivity index (χ1) is 7.02. The van der Waals surface area contributed by atoms with Gasteiger partial charge in [0.2, 0.25) is 9.05 Å². The molecule has 0 amide bonds. The van der Waals surface area contributed by atoms with Gasteiger partial charge in [0.05, 0.1) is 11.9 Å². The first-order valence-electron chi connectivity index (χ1n) is 5.56. The van der Waals surface area contributed by atoms with E-state index < -0.39 is 9.05 Å². The Morgan fingerprint density at radius 3 is 2.47 bits per heavy atom. The van der Waals surface area contributed by atoms with Crippen LogP contribution in [0.15, 0.2) is 0 Å². The highest BCUT2D eigenvalue weighted by Crippen LogP contribution is 2.47. The third-order valence-corrected chi connectivity index (χ3v) is 4.88. The molecule has 0 aromatic carbocycles. The fourth-order valence-corrected chi connectivity index (χ4v) is 4.13. The molecule has 1 heterocycles. The van der Waals surface area contributed by atoms with Crippen LogP contribution in [0.5, 0.6) is 0 Å². The van der Waals surface area contributed by atoms with Crippen LogP contribution in [0.1, 0.15) is 38.5 Å². The molecule has 1 atom stereocenters. The number of ether oxygens (including phenoxy) is 1. The summed E-state index contributed by atoms with van der Waals surface area (Å²) in [5.74, 6) is -0.0193. The van der Waals surface area contributed by atoms with Crippen LogP contribution in [0.4, 0.5) is 0 Å². The minimum atomic E-state index is -3.44. The summed E-state index contributed by atoms with van der Waals surface area (Å²) in [5, 5.41) is 0. The van der Waals surface area contributed by atoms with Gasteiger partial charge in [-0.2, -0.15) is 0 Å². The van der Waals surface area contributed by atoms with Crippen molar-refractivity contribution in [3.63, 3.8) is 0 Å². The third kappa shape index (κ3) is 2.66. The van der Waals surface area contributed by atoms with Crippen LogP contribution in [0.3, 0.4) is 0 Å². The topological polar surface area (TPSA) is 43.4 Å². The van der Waals surface area contributed by atoms with Gasteiger partial charge in [-0.05, 0) is 24.7 Å². The SMILES string of the molecule is O=S(=O)(Cl)CC1OCCC12CCCCC2. The summed E-state index contributed by atoms with van der Waals surface area (Å²) < 4.78 is 27.8. The Morgan fingerprint density at radius 2 is 1.87 bits per heavy atom. The van der Waals surface area contributed by atoms with Crippen molar-refractivity contribution in [2.24, 2.45) is 5.41 Å². The molecule has 2 aliphatic rings. The molecule has 1 aliphatic carbocycles. The summed E-state index contributed by atoms with van der Waals surface area (Å²) in [6, 6.07) is 0. The highest BCUT2D eigenvalue weighted by Gasteiger charge is 2.45. The largest absolute Gasteiger partial charge is 0.377 e. The van der Waals surface area contributed by atoms with E-state index in [0.717, 1.165) is 19.3 Å². The minimum absolute atomic E-state index is 0.0193. The molecule has 1 spiro atoms. The molecule has 1 saturated carbocycles. The molecular weight excluding hydrogens is 236 g/mol. The Morgan fingerprint density at radius 1 is 1.20 bits per heavy atom. The standard InChI is InChI=1S/C10H17ClO3S/c11-15(12,13)8-9-10(6-7-14-9)4-2-1-3-5-10/h9H,1-8H2. The molecule has 2 fully saturated rings. The summed E-state index contributed by atoms with van der Waals surface area (Å²) in [6.45, 7) is 0.692. The molecule has 3 nitrogen and oxygen atoms in total. The highest BCUT2D eigenvalue weighted by molar-refractivity contribution is 8.13. The highest BCUT2D eigenvalue weighted by atomic mass is 35.7. The van der Waals surface area contributed by atoms with Crippen LogP contribution in [0, 0.1) is 5.41 Å². The number of halogens is 1. The lowest BCUT2D eigenvalue weighted by Gasteiger charge is -2.36. The van der Waals surface area contributed by atoms with Crippen LogP contribution < -0.4 is 0 Å². The van der Waals surface area contributed by atoms with Crippen LogP contribution >= 0.6 is 10.7 Å². The van der Waals surface area contributed by atoms with Crippen molar-refractivity contribution >= 4 is 19.7 Å². The second-order valence-electron chi connectivity index (χ2n) is 4.74. The second-order valence-corrected chi connectivity index (χ2v) is 7.56. The van der Waals surface area contributed by atoms with E-state index in [0.29, 0.717) is 6.61 Å². The third-order valence-electron chi connectivity index (χ3n) is 3.80. The van der Waals surface area contributed by atoms with Crippen LogP contribution in [0.25, 0.3) is 0 Å². The lowest BCUT2D eigenvalue weighted by Crippen LogP contribution is -2.37. The molecule has 88 valence electrons. The first kappa shape index (κ1) is 11.7. The molecule has 0 bridgehead atoms. The van der Waals surface area contributed by atoms with Gasteiger partial charge in [-0.1, -0.05) is 19.3 Å². The lowest BCUT2D eigenvalue weighted by atomic mass is 9.70. The van der Waals surface area contributed by atoms with Crippen molar-refractivity contribution < 1.29 is 13.2 Å². The van der Waals surface area contributed by atoms with E-state index in [-0.39, 0.29) is 17.3 Å². The average Bonchev–Trinajstić information content (AvgIpc) is 2.48. The monoisotopic (exact) mass is 252 g/mol. The summed E-state index contributed by atoms with van der Waals surface area (Å²) in [6.07, 6.45) is 6.70. The Bertz CT molecular complexity index is 320. The number of hydrogen-bond acceptors (Lipinski definition) is 3. The molecule has 0 N–H and O–H groups in total. The fraction of sp³-hybridized carbons (Fsp3) is 1.00. The van der Waals surface area contributed by atoms with E-state index >= 15 is 0 Å². The molecular formula is C10H17ClO3S. The van der Waals surface area contributed by atoms with E-state index in [1.807, 2.05) is 0 Å². The zero-order valence-electron chi connectivity index (χ0n) is 8.75. The minimum Gasteiger partial charge on any atom is -0.377 e. The van der Waals surface area contributed by atoms with Crippen molar-refractivity contribution in [1.82, 2.24) is 0 Å². The van der Waals surface area contributed by atoms with E-state index in [1.165, 1.54) is 19.3 Å². The maximum absolute atomic E-state index is 11.1. The van der Waals surface area contributed by atoms with Gasteiger partial charge >= 0.3 is 0 Å². The average molecular weight is 253 g/mol. The fourth-order valence-electron chi connectivity index (χ4n) is 2.98. The van der Waals surface area contributed by atoms with Gasteiger partial charge in [-0.3, -0.25) is 0 Å². The molecule has 2 rings (SSSR count). The molecule has 1 unspecified atom stereocenters. The predicted molar refractivity (Wildman–Crippen MR) is 59.5 cm³/mol. The van der Waals surface area contributed by atoms with Gasteiger partial charge in [0.15, 0.2) is 0 Å². The van der Waals surface area contributed by atoms with Crippen molar-refractivity contribution in [2.45, 2.75) is 44.6 Å². The maximum atomic E-state index is 11.1. The Balaban J connectivity index is 2.10. The van der Waals surface area contributed by atoms with E-state index in [1.54, 1.807) is 0 Å². The molecule has 0 aromatic rings. The second kappa shape index (κ2) is 4.22. The van der Waals surface area contributed by atoms with E-state index in [4.69, 9.17) is 15.4 Å². The quantitative estimate of drug-likeness (QED) is 0.709. The molecule has 1 aliphatic heterocycles. The van der Waals surface area contributed by atoms with Gasteiger partial charge < -0.3 is 4.74 Å². The molecule has 15 heavy (non-hydrogen) atoms. The number of hydrogen-bond donors (Lipinski definition) is 0. The van der Waals surface area contributed by atoms with Crippen molar-refractivity contribution in [3.05, 3.63) is 0 Å². The smallest absolute Gasteiger partial charge is 0.235 e. The normalized spacial score (nSPS) is 30.9. The van der Waals surface area contributed by atoms with Gasteiger partial charge in [0.1, 0.15) is 0 Å². The number of rotatable bonds is 2. The van der Waals surface area contributed by atoms with E-state index in [2.05, 4.69) is 0 Å². The van der Waals surface area contributed by atoms with Crippen LogP contribution in [-0.2, 0) is 13.8 Å².